The standard InChI is InChI=1S/C6HClF3IN2O5S/c7-19(16,17)3-1-2(18-6(8,9)10)4(11)12-5(3)13(14)15/h1H. The van der Waals surface area contributed by atoms with E-state index in [9.17, 15) is 31.7 Å². The predicted molar refractivity (Wildman–Crippen MR) is 63.3 cm³/mol. The zero-order valence-corrected chi connectivity index (χ0v) is 12.0. The second-order valence-electron chi connectivity index (χ2n) is 2.84. The van der Waals surface area contributed by atoms with E-state index in [0.717, 1.165) is 0 Å². The summed E-state index contributed by atoms with van der Waals surface area (Å²) in [6.07, 6.45) is -5.11. The molecule has 0 N–H and O–H groups in total. The molecule has 0 fully saturated rings. The zero-order chi connectivity index (χ0) is 15.0. The van der Waals surface area contributed by atoms with Gasteiger partial charge in [-0.3, -0.25) is 0 Å². The van der Waals surface area contributed by atoms with Crippen LogP contribution in [0.15, 0.2) is 11.0 Å². The van der Waals surface area contributed by atoms with Gasteiger partial charge in [-0.05, 0) is 9.91 Å². The highest BCUT2D eigenvalue weighted by atomic mass is 127. The minimum Gasteiger partial charge on any atom is -0.400 e. The molecule has 19 heavy (non-hydrogen) atoms. The van der Waals surface area contributed by atoms with Gasteiger partial charge in [-0.15, -0.1) is 13.2 Å². The minimum absolute atomic E-state index is 0.294. The maximum Gasteiger partial charge on any atom is 0.573 e. The molecular formula is C6HClF3IN2O5S. The topological polar surface area (TPSA) is 99.4 Å². The van der Waals surface area contributed by atoms with Gasteiger partial charge in [-0.2, -0.15) is 0 Å². The second kappa shape index (κ2) is 5.24. The molecule has 0 aliphatic rings. The van der Waals surface area contributed by atoms with Gasteiger partial charge in [0.1, 0.15) is 0 Å². The summed E-state index contributed by atoms with van der Waals surface area (Å²) in [7, 11) is 0.236. The average molecular weight is 433 g/mol. The summed E-state index contributed by atoms with van der Waals surface area (Å²) in [6, 6.07) is 0.294. The summed E-state index contributed by atoms with van der Waals surface area (Å²) < 4.78 is 61.2. The first-order valence-corrected chi connectivity index (χ1v) is 7.36. The van der Waals surface area contributed by atoms with Crippen LogP contribution in [0.3, 0.4) is 0 Å². The summed E-state index contributed by atoms with van der Waals surface area (Å²) in [5.41, 5.74) is 0. The van der Waals surface area contributed by atoms with Gasteiger partial charge in [0.2, 0.25) is 0 Å². The maximum absolute atomic E-state index is 12.0. The molecule has 1 aromatic heterocycles. The Kier molecular flexibility index (Phi) is 4.46. The normalized spacial score (nSPS) is 12.3. The summed E-state index contributed by atoms with van der Waals surface area (Å²) in [6.45, 7) is 0. The van der Waals surface area contributed by atoms with Crippen LogP contribution in [0.25, 0.3) is 0 Å². The van der Waals surface area contributed by atoms with Crippen molar-refractivity contribution in [2.75, 3.05) is 0 Å². The Hall–Kier alpha value is -0.890. The first-order valence-electron chi connectivity index (χ1n) is 3.97. The number of nitro groups is 1. The van der Waals surface area contributed by atoms with Crippen LogP contribution in [-0.4, -0.2) is 24.7 Å². The molecule has 0 aromatic carbocycles. The predicted octanol–water partition coefficient (Wildman–Crippen LogP) is 2.42. The van der Waals surface area contributed by atoms with E-state index in [0.29, 0.717) is 6.07 Å². The molecule has 0 saturated heterocycles. The van der Waals surface area contributed by atoms with Gasteiger partial charge in [0.15, 0.2) is 10.6 Å². The zero-order valence-electron chi connectivity index (χ0n) is 8.31. The molecule has 13 heteroatoms. The molecule has 1 heterocycles. The number of hydrogen-bond donors (Lipinski definition) is 0. The molecule has 0 atom stereocenters. The van der Waals surface area contributed by atoms with Gasteiger partial charge in [-0.25, -0.2) is 8.42 Å². The van der Waals surface area contributed by atoms with E-state index in [4.69, 9.17) is 10.7 Å². The monoisotopic (exact) mass is 432 g/mol. The fourth-order valence-corrected chi connectivity index (χ4v) is 2.37. The Balaban J connectivity index is 3.52. The lowest BCUT2D eigenvalue weighted by Crippen LogP contribution is -2.18. The van der Waals surface area contributed by atoms with Crippen LogP contribution >= 0.6 is 33.3 Å². The van der Waals surface area contributed by atoms with E-state index in [1.54, 1.807) is 0 Å². The lowest BCUT2D eigenvalue weighted by atomic mass is 10.4. The molecule has 0 amide bonds. The lowest BCUT2D eigenvalue weighted by molar-refractivity contribution is -0.392. The third-order valence-corrected chi connectivity index (χ3v) is 3.65. The smallest absolute Gasteiger partial charge is 0.400 e. The molecule has 7 nitrogen and oxygen atoms in total. The Labute approximate surface area is 121 Å². The number of rotatable bonds is 3. The van der Waals surface area contributed by atoms with Gasteiger partial charge in [0, 0.05) is 39.3 Å². The minimum atomic E-state index is -5.11. The van der Waals surface area contributed by atoms with Crippen molar-refractivity contribution in [2.24, 2.45) is 0 Å². The summed E-state index contributed by atoms with van der Waals surface area (Å²) >= 11 is 1.23. The third-order valence-electron chi connectivity index (χ3n) is 1.55. The summed E-state index contributed by atoms with van der Waals surface area (Å²) in [5, 5.41) is 10.6. The van der Waals surface area contributed by atoms with Crippen molar-refractivity contribution < 1.29 is 31.2 Å². The number of halogens is 5. The van der Waals surface area contributed by atoms with Gasteiger partial charge < -0.3 is 14.9 Å². The average Bonchev–Trinajstić information content (AvgIpc) is 2.16. The van der Waals surface area contributed by atoms with E-state index < -0.39 is 40.5 Å². The number of pyridine rings is 1. The lowest BCUT2D eigenvalue weighted by Gasteiger charge is -2.09. The summed E-state index contributed by atoms with van der Waals surface area (Å²) in [4.78, 5) is 11.3. The van der Waals surface area contributed by atoms with Crippen molar-refractivity contribution in [3.8, 4) is 5.75 Å². The van der Waals surface area contributed by atoms with Crippen molar-refractivity contribution in [2.45, 2.75) is 11.3 Å². The molecule has 0 aliphatic heterocycles. The van der Waals surface area contributed by atoms with Crippen molar-refractivity contribution >= 4 is 48.1 Å². The molecule has 0 saturated carbocycles. The Morgan fingerprint density at radius 1 is 1.47 bits per heavy atom. The molecule has 0 aliphatic carbocycles. The molecule has 1 aromatic rings. The van der Waals surface area contributed by atoms with Crippen molar-refractivity contribution in [1.82, 2.24) is 4.98 Å². The van der Waals surface area contributed by atoms with E-state index >= 15 is 0 Å². The largest absolute Gasteiger partial charge is 0.573 e. The van der Waals surface area contributed by atoms with Gasteiger partial charge in [-0.1, -0.05) is 0 Å². The van der Waals surface area contributed by atoms with Gasteiger partial charge in [0.05, 0.1) is 0 Å². The van der Waals surface area contributed by atoms with E-state index in [-0.39, 0.29) is 0 Å². The van der Waals surface area contributed by atoms with Crippen LogP contribution in [0.1, 0.15) is 0 Å². The maximum atomic E-state index is 12.0. The fraction of sp³-hybridized carbons (Fsp3) is 0.167. The van der Waals surface area contributed by atoms with Crippen LogP contribution in [0, 0.1) is 13.8 Å². The quantitative estimate of drug-likeness (QED) is 0.239. The van der Waals surface area contributed by atoms with Gasteiger partial charge >= 0.3 is 12.2 Å². The van der Waals surface area contributed by atoms with Crippen LogP contribution < -0.4 is 4.74 Å². The molecule has 106 valence electrons. The molecule has 0 radical (unpaired) electrons. The third kappa shape index (κ3) is 4.31. The van der Waals surface area contributed by atoms with E-state index in [2.05, 4.69) is 9.72 Å². The fourth-order valence-electron chi connectivity index (χ4n) is 0.953. The number of hydrogen-bond acceptors (Lipinski definition) is 6. The summed E-state index contributed by atoms with van der Waals surface area (Å²) in [5.74, 6) is -2.19. The van der Waals surface area contributed by atoms with Crippen LogP contribution in [0.4, 0.5) is 19.0 Å². The number of ether oxygens (including phenoxy) is 1. The Morgan fingerprint density at radius 3 is 2.37 bits per heavy atom. The van der Waals surface area contributed by atoms with E-state index in [1.165, 1.54) is 22.6 Å². The van der Waals surface area contributed by atoms with Crippen molar-refractivity contribution in [1.29, 1.82) is 0 Å². The SMILES string of the molecule is O=[N+]([O-])c1nc(I)c(OC(F)(F)F)cc1S(=O)(=O)Cl. The van der Waals surface area contributed by atoms with Crippen LogP contribution in [0.5, 0.6) is 5.75 Å². The first kappa shape index (κ1) is 16.2. The second-order valence-corrected chi connectivity index (χ2v) is 6.40. The molecule has 1 rings (SSSR count). The molecule has 0 unspecified atom stereocenters. The van der Waals surface area contributed by atoms with Crippen LogP contribution in [-0.2, 0) is 9.05 Å². The van der Waals surface area contributed by atoms with E-state index in [1.807, 2.05) is 0 Å². The highest BCUT2D eigenvalue weighted by Crippen LogP contribution is 2.34. The van der Waals surface area contributed by atoms with Gasteiger partial charge in [0.25, 0.3) is 12.8 Å². The molecular weight excluding hydrogens is 431 g/mol. The van der Waals surface area contributed by atoms with Crippen LogP contribution in [0.2, 0.25) is 0 Å². The Morgan fingerprint density at radius 2 is 2.00 bits per heavy atom. The van der Waals surface area contributed by atoms with Crippen molar-refractivity contribution in [3.63, 3.8) is 0 Å². The Bertz CT molecular complexity index is 634. The van der Waals surface area contributed by atoms with Crippen molar-refractivity contribution in [3.05, 3.63) is 19.9 Å². The first-order chi connectivity index (χ1) is 8.42. The number of alkyl halides is 3. The highest BCUT2D eigenvalue weighted by Gasteiger charge is 2.36. The molecule has 0 spiro atoms. The highest BCUT2D eigenvalue weighted by molar-refractivity contribution is 14.1. The molecule has 0 bridgehead atoms. The number of aromatic nitrogens is 1. The number of nitrogens with zero attached hydrogens (tertiary/aromatic N) is 2.